The maximum Gasteiger partial charge on any atom is 0.189 e. The summed E-state index contributed by atoms with van der Waals surface area (Å²) in [5, 5.41) is 86.1. The summed E-state index contributed by atoms with van der Waals surface area (Å²) in [6.45, 7) is -3.37. The summed E-state index contributed by atoms with van der Waals surface area (Å²) in [6, 6.07) is 0. The Hall–Kier alpha value is -1.06. The summed E-state index contributed by atoms with van der Waals surface area (Å²) in [5.74, 6) is -2.01. The number of carbonyl (C=O) groups is 2. The van der Waals surface area contributed by atoms with Gasteiger partial charge in [0.15, 0.2) is 11.6 Å². The second-order valence-corrected chi connectivity index (χ2v) is 4.62. The monoisotopic (exact) mass is 360 g/mol. The number of ketones is 2. The second-order valence-electron chi connectivity index (χ2n) is 4.62. The molecule has 0 aliphatic heterocycles. The fraction of sp³-hybridized carbons (Fsp3) is 0.833. The molecule has 0 saturated heterocycles. The Bertz CT molecular complexity index is 328. The largest absolute Gasteiger partial charge is 0.394 e. The van der Waals surface area contributed by atoms with Crippen molar-refractivity contribution in [2.45, 2.75) is 36.6 Å². The molecule has 0 radical (unpaired) electrons. The van der Waals surface area contributed by atoms with E-state index in [1.807, 2.05) is 0 Å². The third-order valence-electron chi connectivity index (χ3n) is 2.78. The van der Waals surface area contributed by atoms with E-state index in [0.29, 0.717) is 0 Å². The summed E-state index contributed by atoms with van der Waals surface area (Å²) in [5.41, 5.74) is 0. The van der Waals surface area contributed by atoms with Crippen LogP contribution in [0.25, 0.3) is 0 Å². The van der Waals surface area contributed by atoms with Crippen LogP contribution in [0.5, 0.6) is 0 Å². The van der Waals surface area contributed by atoms with E-state index in [1.165, 1.54) is 0 Å². The molecule has 0 aliphatic carbocycles. The molecular weight excluding hydrogens is 336 g/mol. The van der Waals surface area contributed by atoms with Crippen LogP contribution in [-0.4, -0.2) is 126 Å². The fourth-order valence-electron chi connectivity index (χ4n) is 1.20. The fourth-order valence-corrected chi connectivity index (χ4v) is 1.20. The van der Waals surface area contributed by atoms with E-state index in [9.17, 15) is 9.59 Å². The van der Waals surface area contributed by atoms with Crippen molar-refractivity contribution in [3.05, 3.63) is 0 Å². The van der Waals surface area contributed by atoms with Gasteiger partial charge in [0.2, 0.25) is 0 Å². The van der Waals surface area contributed by atoms with Crippen molar-refractivity contribution >= 4 is 11.6 Å². The minimum atomic E-state index is -1.86. The molecule has 0 unspecified atom stereocenters. The van der Waals surface area contributed by atoms with Crippen molar-refractivity contribution in [1.29, 1.82) is 0 Å². The van der Waals surface area contributed by atoms with Gasteiger partial charge in [-0.3, -0.25) is 9.59 Å². The maximum absolute atomic E-state index is 10.5. The van der Waals surface area contributed by atoms with Gasteiger partial charge in [0, 0.05) is 0 Å². The van der Waals surface area contributed by atoms with E-state index in [4.69, 9.17) is 51.1 Å². The lowest BCUT2D eigenvalue weighted by atomic mass is 10.1. The molecule has 0 heterocycles. The first-order valence-electron chi connectivity index (χ1n) is 6.66. The molecular formula is C12H24O12. The molecule has 24 heavy (non-hydrogen) atoms. The Balaban J connectivity index is 0. The van der Waals surface area contributed by atoms with Gasteiger partial charge in [-0.25, -0.2) is 0 Å². The van der Waals surface area contributed by atoms with E-state index < -0.39 is 74.6 Å². The number of aliphatic hydroxyl groups excluding tert-OH is 10. The molecule has 0 spiro atoms. The lowest BCUT2D eigenvalue weighted by Crippen LogP contribution is -2.44. The molecule has 0 amide bonds. The number of Topliss-reactive ketones (excluding diaryl/α,β-unsaturated/α-hetero) is 2. The Kier molecular flexibility index (Phi) is 13.9. The highest BCUT2D eigenvalue weighted by molar-refractivity contribution is 5.84. The van der Waals surface area contributed by atoms with E-state index in [2.05, 4.69) is 0 Å². The van der Waals surface area contributed by atoms with Gasteiger partial charge in [0.1, 0.15) is 49.8 Å². The zero-order valence-electron chi connectivity index (χ0n) is 12.6. The van der Waals surface area contributed by atoms with E-state index in [1.54, 1.807) is 0 Å². The average molecular weight is 360 g/mol. The Morgan fingerprint density at radius 2 is 0.833 bits per heavy atom. The first-order chi connectivity index (χ1) is 11.1. The van der Waals surface area contributed by atoms with Crippen molar-refractivity contribution in [1.82, 2.24) is 0 Å². The summed E-state index contributed by atoms with van der Waals surface area (Å²) in [7, 11) is 0. The quantitative estimate of drug-likeness (QED) is 0.175. The molecule has 0 aromatic carbocycles. The van der Waals surface area contributed by atoms with E-state index in [-0.39, 0.29) is 0 Å². The van der Waals surface area contributed by atoms with Gasteiger partial charge in [0.05, 0.1) is 13.2 Å². The lowest BCUT2D eigenvalue weighted by molar-refractivity contribution is -0.143. The van der Waals surface area contributed by atoms with Crippen molar-refractivity contribution < 1.29 is 60.7 Å². The molecule has 10 N–H and O–H groups in total. The van der Waals surface area contributed by atoms with Crippen LogP contribution in [0.3, 0.4) is 0 Å². The average Bonchev–Trinajstić information content (AvgIpc) is 2.62. The van der Waals surface area contributed by atoms with Crippen LogP contribution >= 0.6 is 0 Å². The van der Waals surface area contributed by atoms with Crippen LogP contribution in [0, 0.1) is 0 Å². The summed E-state index contributed by atoms with van der Waals surface area (Å²) < 4.78 is 0. The van der Waals surface area contributed by atoms with E-state index in [0.717, 1.165) is 0 Å². The second kappa shape index (κ2) is 13.3. The van der Waals surface area contributed by atoms with Gasteiger partial charge >= 0.3 is 0 Å². The highest BCUT2D eigenvalue weighted by Crippen LogP contribution is 2.01. The SMILES string of the molecule is O=C(CO)[C@@H](O)[C@@H](O)[C@@H](O)CO.O=C(CO)[C@@H](O)[C@H](O)[C@@H](O)CO. The highest BCUT2D eigenvalue weighted by atomic mass is 16.4. The third kappa shape index (κ3) is 8.70. The molecule has 12 nitrogen and oxygen atoms in total. The van der Waals surface area contributed by atoms with Crippen LogP contribution in [0.15, 0.2) is 0 Å². The molecule has 0 rings (SSSR count). The van der Waals surface area contributed by atoms with Gasteiger partial charge in [-0.2, -0.15) is 0 Å². The number of hydrogen-bond donors (Lipinski definition) is 10. The zero-order chi connectivity index (χ0) is 19.4. The smallest absolute Gasteiger partial charge is 0.189 e. The molecule has 6 atom stereocenters. The van der Waals surface area contributed by atoms with Crippen LogP contribution < -0.4 is 0 Å². The van der Waals surface area contributed by atoms with Gasteiger partial charge in [0.25, 0.3) is 0 Å². The van der Waals surface area contributed by atoms with Crippen molar-refractivity contribution in [2.75, 3.05) is 26.4 Å². The molecule has 0 fully saturated rings. The number of hydrogen-bond acceptors (Lipinski definition) is 12. The Morgan fingerprint density at radius 1 is 0.583 bits per heavy atom. The minimum Gasteiger partial charge on any atom is -0.394 e. The number of carbonyl (C=O) groups excluding carboxylic acids is 2. The molecule has 0 bridgehead atoms. The number of aliphatic hydroxyl groups is 10. The first kappa shape index (κ1) is 25.2. The normalized spacial score (nSPS) is 18.4. The van der Waals surface area contributed by atoms with Gasteiger partial charge < -0.3 is 51.1 Å². The molecule has 0 aromatic heterocycles. The Labute approximate surface area is 136 Å². The van der Waals surface area contributed by atoms with Gasteiger partial charge in [-0.05, 0) is 0 Å². The standard InChI is InChI=1S/2C6H12O6/c2*7-1-3(9)5(11)6(12)4(10)2-8/h2*3,5-9,11-12H,1-2H2/t3-,5+,6+;3-,5-,6+/m00/s1. The van der Waals surface area contributed by atoms with Crippen molar-refractivity contribution in [3.63, 3.8) is 0 Å². The molecule has 144 valence electrons. The van der Waals surface area contributed by atoms with Gasteiger partial charge in [-0.1, -0.05) is 0 Å². The van der Waals surface area contributed by atoms with Crippen LogP contribution in [0.1, 0.15) is 0 Å². The predicted octanol–water partition coefficient (Wildman–Crippen LogP) is -6.75. The predicted molar refractivity (Wildman–Crippen MR) is 74.4 cm³/mol. The van der Waals surface area contributed by atoms with Crippen LogP contribution in [-0.2, 0) is 9.59 Å². The van der Waals surface area contributed by atoms with E-state index >= 15 is 0 Å². The van der Waals surface area contributed by atoms with Crippen LogP contribution in [0.2, 0.25) is 0 Å². The topological polar surface area (TPSA) is 236 Å². The van der Waals surface area contributed by atoms with Gasteiger partial charge in [-0.15, -0.1) is 0 Å². The highest BCUT2D eigenvalue weighted by Gasteiger charge is 2.29. The number of rotatable bonds is 10. The third-order valence-corrected chi connectivity index (χ3v) is 2.78. The summed E-state index contributed by atoms with van der Waals surface area (Å²) >= 11 is 0. The lowest BCUT2D eigenvalue weighted by Gasteiger charge is -2.19. The molecule has 0 aromatic rings. The Morgan fingerprint density at radius 3 is 1.00 bits per heavy atom. The molecule has 0 saturated carbocycles. The summed E-state index contributed by atoms with van der Waals surface area (Å²) in [6.07, 6.45) is -10.4. The van der Waals surface area contributed by atoms with Crippen molar-refractivity contribution in [2.24, 2.45) is 0 Å². The van der Waals surface area contributed by atoms with Crippen molar-refractivity contribution in [3.8, 4) is 0 Å². The first-order valence-corrected chi connectivity index (χ1v) is 6.66. The zero-order valence-corrected chi connectivity index (χ0v) is 12.6. The molecule has 0 aliphatic rings. The minimum absolute atomic E-state index is 0.767. The summed E-state index contributed by atoms with van der Waals surface area (Å²) in [4.78, 5) is 21.0. The molecule has 12 heteroatoms. The maximum atomic E-state index is 10.5. The van der Waals surface area contributed by atoms with Crippen LogP contribution in [0.4, 0.5) is 0 Å².